The summed E-state index contributed by atoms with van der Waals surface area (Å²) >= 11 is 0. The molecule has 108 valence electrons. The molecule has 0 spiro atoms. The first kappa shape index (κ1) is 16.2. The number of hydrogen-bond donors (Lipinski definition) is 1. The van der Waals surface area contributed by atoms with E-state index in [0.717, 1.165) is 25.9 Å². The standard InChI is InChI=1S/C17H29NO/c1-6-17(7-2,19-8-3)16(18)12-15-10-9-13(4)14(5)11-15/h9-11,16H,6-8,12,18H2,1-5H3. The summed E-state index contributed by atoms with van der Waals surface area (Å²) in [5, 5.41) is 0. The second-order valence-electron chi connectivity index (χ2n) is 5.43. The van der Waals surface area contributed by atoms with E-state index < -0.39 is 0 Å². The van der Waals surface area contributed by atoms with E-state index in [4.69, 9.17) is 10.5 Å². The predicted octanol–water partition coefficient (Wildman–Crippen LogP) is 3.77. The van der Waals surface area contributed by atoms with Crippen molar-refractivity contribution < 1.29 is 4.74 Å². The van der Waals surface area contributed by atoms with Crippen LogP contribution in [0.25, 0.3) is 0 Å². The summed E-state index contributed by atoms with van der Waals surface area (Å²) in [4.78, 5) is 0. The van der Waals surface area contributed by atoms with Gasteiger partial charge in [-0.3, -0.25) is 0 Å². The zero-order valence-electron chi connectivity index (χ0n) is 13.1. The first-order valence-electron chi connectivity index (χ1n) is 7.44. The molecule has 19 heavy (non-hydrogen) atoms. The molecule has 1 rings (SSSR count). The van der Waals surface area contributed by atoms with E-state index in [1.807, 2.05) is 6.92 Å². The zero-order valence-corrected chi connectivity index (χ0v) is 13.1. The number of nitrogens with two attached hydrogens (primary N) is 1. The average molecular weight is 263 g/mol. The van der Waals surface area contributed by atoms with Crippen LogP contribution in [0.4, 0.5) is 0 Å². The highest BCUT2D eigenvalue weighted by atomic mass is 16.5. The third-order valence-corrected chi connectivity index (χ3v) is 4.33. The summed E-state index contributed by atoms with van der Waals surface area (Å²) in [6.45, 7) is 11.4. The van der Waals surface area contributed by atoms with Crippen LogP contribution >= 0.6 is 0 Å². The van der Waals surface area contributed by atoms with Crippen LogP contribution < -0.4 is 5.73 Å². The molecule has 0 radical (unpaired) electrons. The smallest absolute Gasteiger partial charge is 0.0830 e. The molecule has 0 aromatic heterocycles. The molecule has 1 atom stereocenters. The van der Waals surface area contributed by atoms with Crippen LogP contribution in [0.5, 0.6) is 0 Å². The highest BCUT2D eigenvalue weighted by Gasteiger charge is 2.33. The van der Waals surface area contributed by atoms with E-state index in [9.17, 15) is 0 Å². The lowest BCUT2D eigenvalue weighted by molar-refractivity contribution is -0.0633. The Balaban J connectivity index is 2.86. The third kappa shape index (κ3) is 3.80. The zero-order chi connectivity index (χ0) is 14.5. The van der Waals surface area contributed by atoms with Crippen LogP contribution in [0.15, 0.2) is 18.2 Å². The molecule has 1 unspecified atom stereocenters. The van der Waals surface area contributed by atoms with Crippen molar-refractivity contribution in [1.82, 2.24) is 0 Å². The Labute approximate surface area is 118 Å². The van der Waals surface area contributed by atoms with E-state index in [-0.39, 0.29) is 11.6 Å². The van der Waals surface area contributed by atoms with E-state index in [1.165, 1.54) is 16.7 Å². The lowest BCUT2D eigenvalue weighted by Crippen LogP contribution is -2.50. The Morgan fingerprint density at radius 2 is 1.74 bits per heavy atom. The SMILES string of the molecule is CCOC(CC)(CC)C(N)Cc1ccc(C)c(C)c1. The van der Waals surface area contributed by atoms with Gasteiger partial charge in [-0.15, -0.1) is 0 Å². The average Bonchev–Trinajstić information content (AvgIpc) is 2.40. The van der Waals surface area contributed by atoms with E-state index in [1.54, 1.807) is 0 Å². The Morgan fingerprint density at radius 3 is 2.21 bits per heavy atom. The largest absolute Gasteiger partial charge is 0.374 e. The molecule has 0 saturated carbocycles. The molecule has 0 saturated heterocycles. The van der Waals surface area contributed by atoms with Crippen LogP contribution in [0, 0.1) is 13.8 Å². The minimum Gasteiger partial charge on any atom is -0.374 e. The molecule has 1 aromatic carbocycles. The maximum Gasteiger partial charge on any atom is 0.0830 e. The van der Waals surface area contributed by atoms with Crippen molar-refractivity contribution in [3.8, 4) is 0 Å². The highest BCUT2D eigenvalue weighted by Crippen LogP contribution is 2.26. The molecular formula is C17H29NO. The molecular weight excluding hydrogens is 234 g/mol. The van der Waals surface area contributed by atoms with Gasteiger partial charge in [-0.1, -0.05) is 32.0 Å². The van der Waals surface area contributed by atoms with Crippen LogP contribution in [-0.2, 0) is 11.2 Å². The molecule has 1 aromatic rings. The van der Waals surface area contributed by atoms with Crippen molar-refractivity contribution in [2.75, 3.05) is 6.61 Å². The summed E-state index contributed by atoms with van der Waals surface area (Å²) in [5.41, 5.74) is 10.2. The van der Waals surface area contributed by atoms with Crippen molar-refractivity contribution in [3.63, 3.8) is 0 Å². The maximum atomic E-state index is 6.46. The summed E-state index contributed by atoms with van der Waals surface area (Å²) in [6.07, 6.45) is 2.80. The summed E-state index contributed by atoms with van der Waals surface area (Å²) in [6, 6.07) is 6.66. The van der Waals surface area contributed by atoms with Crippen molar-refractivity contribution in [3.05, 3.63) is 34.9 Å². The van der Waals surface area contributed by atoms with Crippen LogP contribution in [0.1, 0.15) is 50.3 Å². The van der Waals surface area contributed by atoms with Gasteiger partial charge in [0.25, 0.3) is 0 Å². The van der Waals surface area contributed by atoms with Gasteiger partial charge in [-0.2, -0.15) is 0 Å². The molecule has 2 heteroatoms. The predicted molar refractivity (Wildman–Crippen MR) is 82.5 cm³/mol. The van der Waals surface area contributed by atoms with E-state index >= 15 is 0 Å². The molecule has 2 N–H and O–H groups in total. The Hall–Kier alpha value is -0.860. The van der Waals surface area contributed by atoms with Gasteiger partial charge in [-0.05, 0) is 56.7 Å². The Kier molecular flexibility index (Phi) is 6.02. The van der Waals surface area contributed by atoms with Crippen molar-refractivity contribution in [2.45, 2.75) is 65.5 Å². The summed E-state index contributed by atoms with van der Waals surface area (Å²) < 4.78 is 5.99. The van der Waals surface area contributed by atoms with Gasteiger partial charge in [0.2, 0.25) is 0 Å². The van der Waals surface area contributed by atoms with Gasteiger partial charge in [0, 0.05) is 12.6 Å². The number of ether oxygens (including phenoxy) is 1. The minimum atomic E-state index is -0.187. The second-order valence-corrected chi connectivity index (χ2v) is 5.43. The van der Waals surface area contributed by atoms with Gasteiger partial charge in [-0.25, -0.2) is 0 Å². The molecule has 2 nitrogen and oxygen atoms in total. The third-order valence-electron chi connectivity index (χ3n) is 4.33. The minimum absolute atomic E-state index is 0.0459. The molecule has 0 fully saturated rings. The molecule has 0 amide bonds. The molecule has 0 heterocycles. The fourth-order valence-electron chi connectivity index (χ4n) is 2.74. The summed E-state index contributed by atoms with van der Waals surface area (Å²) in [5.74, 6) is 0. The molecule has 0 aliphatic rings. The number of aryl methyl sites for hydroxylation is 2. The van der Waals surface area contributed by atoms with E-state index in [0.29, 0.717) is 0 Å². The fraction of sp³-hybridized carbons (Fsp3) is 0.647. The first-order chi connectivity index (χ1) is 8.99. The lowest BCUT2D eigenvalue weighted by atomic mass is 9.84. The molecule has 0 aliphatic heterocycles. The van der Waals surface area contributed by atoms with Gasteiger partial charge < -0.3 is 10.5 Å². The Morgan fingerprint density at radius 1 is 1.11 bits per heavy atom. The number of rotatable bonds is 7. The van der Waals surface area contributed by atoms with Gasteiger partial charge >= 0.3 is 0 Å². The number of benzene rings is 1. The van der Waals surface area contributed by atoms with Crippen LogP contribution in [0.2, 0.25) is 0 Å². The monoisotopic (exact) mass is 263 g/mol. The maximum absolute atomic E-state index is 6.46. The normalized spacial score (nSPS) is 13.6. The van der Waals surface area contributed by atoms with Crippen molar-refractivity contribution in [2.24, 2.45) is 5.73 Å². The van der Waals surface area contributed by atoms with Crippen LogP contribution in [0.3, 0.4) is 0 Å². The highest BCUT2D eigenvalue weighted by molar-refractivity contribution is 5.30. The lowest BCUT2D eigenvalue weighted by Gasteiger charge is -2.37. The van der Waals surface area contributed by atoms with E-state index in [2.05, 4.69) is 45.9 Å². The molecule has 0 bridgehead atoms. The topological polar surface area (TPSA) is 35.2 Å². The van der Waals surface area contributed by atoms with Crippen LogP contribution in [-0.4, -0.2) is 18.2 Å². The Bertz CT molecular complexity index is 396. The summed E-state index contributed by atoms with van der Waals surface area (Å²) in [7, 11) is 0. The van der Waals surface area contributed by atoms with Gasteiger partial charge in [0.15, 0.2) is 0 Å². The second kappa shape index (κ2) is 7.06. The quantitative estimate of drug-likeness (QED) is 0.812. The van der Waals surface area contributed by atoms with Gasteiger partial charge in [0.05, 0.1) is 5.60 Å². The molecule has 0 aliphatic carbocycles. The fourth-order valence-corrected chi connectivity index (χ4v) is 2.74. The van der Waals surface area contributed by atoms with Crippen molar-refractivity contribution in [1.29, 1.82) is 0 Å². The number of hydrogen-bond acceptors (Lipinski definition) is 2. The van der Waals surface area contributed by atoms with Crippen molar-refractivity contribution >= 4 is 0 Å². The first-order valence-corrected chi connectivity index (χ1v) is 7.44. The van der Waals surface area contributed by atoms with Gasteiger partial charge in [0.1, 0.15) is 0 Å².